The third-order valence-corrected chi connectivity index (χ3v) is 3.40. The van der Waals surface area contributed by atoms with Gasteiger partial charge in [0, 0.05) is 5.70 Å². The van der Waals surface area contributed by atoms with E-state index >= 15 is 0 Å². The SMILES string of the molecule is Fc1ccc([C@@H]2C=C(c3ccccc3)NC(=S)N2)cc1. The molecule has 0 bridgehead atoms. The number of hydrogen-bond donors (Lipinski definition) is 2. The molecule has 0 radical (unpaired) electrons. The Morgan fingerprint density at radius 1 is 0.950 bits per heavy atom. The highest BCUT2D eigenvalue weighted by Gasteiger charge is 2.18. The average Bonchev–Trinajstić information content (AvgIpc) is 2.48. The smallest absolute Gasteiger partial charge is 0.171 e. The lowest BCUT2D eigenvalue weighted by molar-refractivity contribution is 0.625. The second-order valence-electron chi connectivity index (χ2n) is 4.57. The predicted molar refractivity (Wildman–Crippen MR) is 82.4 cm³/mol. The summed E-state index contributed by atoms with van der Waals surface area (Å²) in [4.78, 5) is 0. The van der Waals surface area contributed by atoms with Gasteiger partial charge in [-0.3, -0.25) is 0 Å². The minimum atomic E-state index is -0.238. The molecule has 0 aromatic heterocycles. The lowest BCUT2D eigenvalue weighted by Crippen LogP contribution is -2.40. The number of rotatable bonds is 2. The lowest BCUT2D eigenvalue weighted by atomic mass is 10.0. The molecule has 1 aliphatic rings. The molecule has 0 spiro atoms. The monoisotopic (exact) mass is 284 g/mol. The van der Waals surface area contributed by atoms with Crippen LogP contribution < -0.4 is 10.6 Å². The van der Waals surface area contributed by atoms with Crippen LogP contribution in [0.25, 0.3) is 5.70 Å². The van der Waals surface area contributed by atoms with E-state index in [1.54, 1.807) is 12.1 Å². The molecule has 0 amide bonds. The Labute approximate surface area is 122 Å². The summed E-state index contributed by atoms with van der Waals surface area (Å²) >= 11 is 5.25. The van der Waals surface area contributed by atoms with Gasteiger partial charge < -0.3 is 10.6 Å². The van der Waals surface area contributed by atoms with E-state index in [-0.39, 0.29) is 11.9 Å². The molecule has 100 valence electrons. The van der Waals surface area contributed by atoms with Crippen molar-refractivity contribution in [1.82, 2.24) is 10.6 Å². The van der Waals surface area contributed by atoms with Crippen molar-refractivity contribution in [2.24, 2.45) is 0 Å². The zero-order valence-electron chi connectivity index (χ0n) is 10.6. The van der Waals surface area contributed by atoms with Gasteiger partial charge in [-0.2, -0.15) is 0 Å². The first-order valence-corrected chi connectivity index (χ1v) is 6.73. The quantitative estimate of drug-likeness (QED) is 0.827. The molecule has 0 unspecified atom stereocenters. The van der Waals surface area contributed by atoms with Gasteiger partial charge in [-0.05, 0) is 41.6 Å². The number of thiocarbonyl (C=S) groups is 1. The molecule has 1 heterocycles. The summed E-state index contributed by atoms with van der Waals surface area (Å²) in [7, 11) is 0. The lowest BCUT2D eigenvalue weighted by Gasteiger charge is -2.26. The van der Waals surface area contributed by atoms with E-state index in [1.165, 1.54) is 12.1 Å². The van der Waals surface area contributed by atoms with Crippen LogP contribution in [0, 0.1) is 5.82 Å². The van der Waals surface area contributed by atoms with E-state index < -0.39 is 0 Å². The van der Waals surface area contributed by atoms with Gasteiger partial charge in [-0.25, -0.2) is 4.39 Å². The fourth-order valence-electron chi connectivity index (χ4n) is 2.19. The van der Waals surface area contributed by atoms with Crippen LogP contribution in [0.1, 0.15) is 17.2 Å². The molecule has 2 aromatic rings. The zero-order valence-corrected chi connectivity index (χ0v) is 11.5. The van der Waals surface area contributed by atoms with Crippen molar-refractivity contribution < 1.29 is 4.39 Å². The highest BCUT2D eigenvalue weighted by molar-refractivity contribution is 7.80. The molecule has 0 aliphatic carbocycles. The molecule has 0 fully saturated rings. The van der Waals surface area contributed by atoms with E-state index in [0.29, 0.717) is 5.11 Å². The first-order valence-electron chi connectivity index (χ1n) is 6.32. The highest BCUT2D eigenvalue weighted by atomic mass is 32.1. The van der Waals surface area contributed by atoms with E-state index in [1.807, 2.05) is 30.3 Å². The van der Waals surface area contributed by atoms with Crippen LogP contribution in [0.4, 0.5) is 4.39 Å². The van der Waals surface area contributed by atoms with Crippen molar-refractivity contribution in [2.45, 2.75) is 6.04 Å². The van der Waals surface area contributed by atoms with Gasteiger partial charge in [0.2, 0.25) is 0 Å². The summed E-state index contributed by atoms with van der Waals surface area (Å²) in [6.07, 6.45) is 2.05. The van der Waals surface area contributed by atoms with Crippen LogP contribution >= 0.6 is 12.2 Å². The molecule has 0 saturated heterocycles. The predicted octanol–water partition coefficient (Wildman–Crippen LogP) is 3.39. The molecule has 3 rings (SSSR count). The third-order valence-electron chi connectivity index (χ3n) is 3.18. The van der Waals surface area contributed by atoms with Crippen LogP contribution in [0.5, 0.6) is 0 Å². The topological polar surface area (TPSA) is 24.1 Å². The van der Waals surface area contributed by atoms with Crippen LogP contribution in [-0.4, -0.2) is 5.11 Å². The fourth-order valence-corrected chi connectivity index (χ4v) is 2.42. The Balaban J connectivity index is 1.95. The normalized spacial score (nSPS) is 17.9. The average molecular weight is 284 g/mol. The summed E-state index contributed by atoms with van der Waals surface area (Å²) in [5.41, 5.74) is 3.01. The molecule has 1 aliphatic heterocycles. The molecule has 4 heteroatoms. The van der Waals surface area contributed by atoms with Crippen LogP contribution in [-0.2, 0) is 0 Å². The first-order chi connectivity index (χ1) is 9.72. The fraction of sp³-hybridized carbons (Fsp3) is 0.0625. The van der Waals surface area contributed by atoms with E-state index in [2.05, 4.69) is 16.7 Å². The van der Waals surface area contributed by atoms with E-state index in [9.17, 15) is 4.39 Å². The molecular formula is C16H13FN2S. The number of hydrogen-bond acceptors (Lipinski definition) is 1. The highest BCUT2D eigenvalue weighted by Crippen LogP contribution is 2.23. The van der Waals surface area contributed by atoms with Crippen molar-refractivity contribution >= 4 is 23.0 Å². The minimum Gasteiger partial charge on any atom is -0.352 e. The van der Waals surface area contributed by atoms with Crippen molar-refractivity contribution in [3.8, 4) is 0 Å². The van der Waals surface area contributed by atoms with Gasteiger partial charge in [-0.15, -0.1) is 0 Å². The largest absolute Gasteiger partial charge is 0.352 e. The maximum atomic E-state index is 13.0. The van der Waals surface area contributed by atoms with Gasteiger partial charge in [0.25, 0.3) is 0 Å². The Morgan fingerprint density at radius 2 is 1.65 bits per heavy atom. The molecule has 2 nitrogen and oxygen atoms in total. The minimum absolute atomic E-state index is 0.0560. The second-order valence-corrected chi connectivity index (χ2v) is 4.98. The standard InChI is InChI=1S/C16H13FN2S/c17-13-8-6-12(7-9-13)15-10-14(18-16(20)19-15)11-4-2-1-3-5-11/h1-10,15H,(H2,18,19,20)/t15-/m0/s1. The maximum Gasteiger partial charge on any atom is 0.171 e. The number of benzene rings is 2. The zero-order chi connectivity index (χ0) is 13.9. The summed E-state index contributed by atoms with van der Waals surface area (Å²) in [5.74, 6) is -0.238. The molecule has 2 aromatic carbocycles. The van der Waals surface area contributed by atoms with Crippen LogP contribution in [0.3, 0.4) is 0 Å². The number of nitrogens with one attached hydrogen (secondary N) is 2. The van der Waals surface area contributed by atoms with Gasteiger partial charge in [-0.1, -0.05) is 42.5 Å². The van der Waals surface area contributed by atoms with Crippen molar-refractivity contribution in [2.75, 3.05) is 0 Å². The maximum absolute atomic E-state index is 13.0. The van der Waals surface area contributed by atoms with Crippen LogP contribution in [0.15, 0.2) is 60.7 Å². The van der Waals surface area contributed by atoms with Crippen molar-refractivity contribution in [3.63, 3.8) is 0 Å². The van der Waals surface area contributed by atoms with E-state index in [0.717, 1.165) is 16.8 Å². The summed E-state index contributed by atoms with van der Waals surface area (Å²) in [6, 6.07) is 16.4. The Morgan fingerprint density at radius 3 is 2.35 bits per heavy atom. The Hall–Kier alpha value is -2.20. The molecule has 20 heavy (non-hydrogen) atoms. The van der Waals surface area contributed by atoms with Gasteiger partial charge >= 0.3 is 0 Å². The molecule has 0 saturated carbocycles. The van der Waals surface area contributed by atoms with Gasteiger partial charge in [0.1, 0.15) is 5.82 Å². The second kappa shape index (κ2) is 5.43. The first kappa shape index (κ1) is 12.8. The summed E-state index contributed by atoms with van der Waals surface area (Å²) in [6.45, 7) is 0. The summed E-state index contributed by atoms with van der Waals surface area (Å²) < 4.78 is 13.0. The van der Waals surface area contributed by atoms with Crippen molar-refractivity contribution in [3.05, 3.63) is 77.6 Å². The molecular weight excluding hydrogens is 271 g/mol. The third kappa shape index (κ3) is 2.70. The van der Waals surface area contributed by atoms with Crippen molar-refractivity contribution in [1.29, 1.82) is 0 Å². The van der Waals surface area contributed by atoms with E-state index in [4.69, 9.17) is 12.2 Å². The van der Waals surface area contributed by atoms with Gasteiger partial charge in [0.05, 0.1) is 6.04 Å². The Bertz CT molecular complexity index is 650. The molecule has 1 atom stereocenters. The number of halogens is 1. The summed E-state index contributed by atoms with van der Waals surface area (Å²) in [5, 5.41) is 6.89. The van der Waals surface area contributed by atoms with Gasteiger partial charge in [0.15, 0.2) is 5.11 Å². The van der Waals surface area contributed by atoms with Crippen LogP contribution in [0.2, 0.25) is 0 Å². The molecule has 2 N–H and O–H groups in total. The Kier molecular flexibility index (Phi) is 3.48.